The Labute approximate surface area is 196 Å². The number of benzene rings is 4. The molecule has 33 heavy (non-hydrogen) atoms. The number of anilines is 1. The molecular formula is C30H32N2O. The van der Waals surface area contributed by atoms with E-state index in [2.05, 4.69) is 114 Å². The average Bonchev–Trinajstić information content (AvgIpc) is 2.86. The molecule has 0 aliphatic carbocycles. The second-order valence-corrected chi connectivity index (χ2v) is 9.37. The Morgan fingerprint density at radius 1 is 0.758 bits per heavy atom. The third-order valence-electron chi connectivity index (χ3n) is 6.98. The number of fused-ring (bicyclic) bond motifs is 1. The summed E-state index contributed by atoms with van der Waals surface area (Å²) in [6, 6.07) is 34.3. The normalized spacial score (nSPS) is 16.1. The summed E-state index contributed by atoms with van der Waals surface area (Å²) < 4.78 is 0. The van der Waals surface area contributed by atoms with E-state index in [9.17, 15) is 5.11 Å². The standard InChI is InChI=1S/C30H32N2O/c1-31-19-17-30(33,18-20-31)29-14-8-13-26-15-16-27(21-28(26)29)32(22-24-9-4-2-5-10-24)23-25-11-6-3-7-12-25/h2-16,21,33H,17-20,22-23H2,1H3. The molecule has 5 rings (SSSR count). The predicted octanol–water partition coefficient (Wildman–Crippen LogP) is 5.96. The molecule has 0 spiro atoms. The number of aliphatic hydroxyl groups is 1. The summed E-state index contributed by atoms with van der Waals surface area (Å²) >= 11 is 0. The van der Waals surface area contributed by atoms with E-state index < -0.39 is 5.60 Å². The van der Waals surface area contributed by atoms with Gasteiger partial charge in [-0.05, 0) is 59.5 Å². The first-order valence-corrected chi connectivity index (χ1v) is 11.9. The van der Waals surface area contributed by atoms with Crippen molar-refractivity contribution in [1.29, 1.82) is 0 Å². The van der Waals surface area contributed by atoms with Crippen molar-refractivity contribution in [3.8, 4) is 0 Å². The van der Waals surface area contributed by atoms with Gasteiger partial charge in [0.05, 0.1) is 5.60 Å². The van der Waals surface area contributed by atoms with Crippen molar-refractivity contribution < 1.29 is 5.11 Å². The zero-order valence-electron chi connectivity index (χ0n) is 19.3. The monoisotopic (exact) mass is 436 g/mol. The smallest absolute Gasteiger partial charge is 0.0926 e. The molecule has 1 saturated heterocycles. The van der Waals surface area contributed by atoms with Gasteiger partial charge in [-0.1, -0.05) is 84.9 Å². The quantitative estimate of drug-likeness (QED) is 0.404. The Hall–Kier alpha value is -3.14. The lowest BCUT2D eigenvalue weighted by molar-refractivity contribution is -0.0190. The lowest BCUT2D eigenvalue weighted by Crippen LogP contribution is -2.40. The zero-order valence-corrected chi connectivity index (χ0v) is 19.3. The molecule has 1 N–H and O–H groups in total. The van der Waals surface area contributed by atoms with Gasteiger partial charge in [0.15, 0.2) is 0 Å². The van der Waals surface area contributed by atoms with Gasteiger partial charge in [-0.3, -0.25) is 0 Å². The van der Waals surface area contributed by atoms with Crippen LogP contribution in [0.4, 0.5) is 5.69 Å². The van der Waals surface area contributed by atoms with Crippen LogP contribution >= 0.6 is 0 Å². The maximum atomic E-state index is 11.6. The van der Waals surface area contributed by atoms with Crippen LogP contribution in [-0.4, -0.2) is 30.1 Å². The second-order valence-electron chi connectivity index (χ2n) is 9.37. The van der Waals surface area contributed by atoms with Gasteiger partial charge >= 0.3 is 0 Å². The van der Waals surface area contributed by atoms with Crippen LogP contribution in [0.25, 0.3) is 10.8 Å². The number of nitrogens with zero attached hydrogens (tertiary/aromatic N) is 2. The van der Waals surface area contributed by atoms with Crippen LogP contribution in [0.3, 0.4) is 0 Å². The fourth-order valence-electron chi connectivity index (χ4n) is 4.97. The molecule has 168 valence electrons. The van der Waals surface area contributed by atoms with Crippen molar-refractivity contribution in [2.75, 3.05) is 25.0 Å². The van der Waals surface area contributed by atoms with E-state index in [0.717, 1.165) is 50.0 Å². The number of piperidine rings is 1. The minimum atomic E-state index is -0.770. The van der Waals surface area contributed by atoms with Gasteiger partial charge in [-0.15, -0.1) is 0 Å². The average molecular weight is 437 g/mol. The lowest BCUT2D eigenvalue weighted by Gasteiger charge is -2.37. The molecule has 0 radical (unpaired) electrons. The van der Waals surface area contributed by atoms with E-state index >= 15 is 0 Å². The van der Waals surface area contributed by atoms with E-state index in [1.807, 2.05) is 0 Å². The van der Waals surface area contributed by atoms with Crippen LogP contribution in [0.1, 0.15) is 29.5 Å². The van der Waals surface area contributed by atoms with Crippen LogP contribution < -0.4 is 4.90 Å². The molecule has 0 unspecified atom stereocenters. The van der Waals surface area contributed by atoms with Crippen molar-refractivity contribution in [3.05, 3.63) is 114 Å². The van der Waals surface area contributed by atoms with E-state index in [1.165, 1.54) is 22.2 Å². The molecule has 0 atom stereocenters. The van der Waals surface area contributed by atoms with Gasteiger partial charge in [-0.25, -0.2) is 0 Å². The topological polar surface area (TPSA) is 26.7 Å². The van der Waals surface area contributed by atoms with Crippen LogP contribution in [0.5, 0.6) is 0 Å². The van der Waals surface area contributed by atoms with Crippen molar-refractivity contribution in [1.82, 2.24) is 4.90 Å². The molecule has 1 heterocycles. The fraction of sp³-hybridized carbons (Fsp3) is 0.267. The highest BCUT2D eigenvalue weighted by Gasteiger charge is 2.34. The molecule has 0 saturated carbocycles. The van der Waals surface area contributed by atoms with E-state index in [-0.39, 0.29) is 0 Å². The summed E-state index contributed by atoms with van der Waals surface area (Å²) in [5, 5.41) is 14.0. The van der Waals surface area contributed by atoms with Gasteiger partial charge in [0, 0.05) is 31.9 Å². The molecular weight excluding hydrogens is 404 g/mol. The molecule has 4 aromatic carbocycles. The van der Waals surface area contributed by atoms with E-state index in [4.69, 9.17) is 0 Å². The molecule has 0 amide bonds. The molecule has 1 aliphatic heterocycles. The summed E-state index contributed by atoms with van der Waals surface area (Å²) in [4.78, 5) is 4.73. The molecule has 1 fully saturated rings. The number of hydrogen-bond donors (Lipinski definition) is 1. The summed E-state index contributed by atoms with van der Waals surface area (Å²) in [7, 11) is 2.13. The molecule has 0 bridgehead atoms. The van der Waals surface area contributed by atoms with Crippen LogP contribution in [-0.2, 0) is 18.7 Å². The third kappa shape index (κ3) is 4.80. The van der Waals surface area contributed by atoms with Crippen molar-refractivity contribution in [2.24, 2.45) is 0 Å². The highest BCUT2D eigenvalue weighted by molar-refractivity contribution is 5.89. The Kier molecular flexibility index (Phi) is 6.17. The van der Waals surface area contributed by atoms with E-state index in [1.54, 1.807) is 0 Å². The van der Waals surface area contributed by atoms with Crippen molar-refractivity contribution in [2.45, 2.75) is 31.5 Å². The molecule has 3 nitrogen and oxygen atoms in total. The van der Waals surface area contributed by atoms with Gasteiger partial charge in [0.1, 0.15) is 0 Å². The van der Waals surface area contributed by atoms with Gasteiger partial charge in [-0.2, -0.15) is 0 Å². The van der Waals surface area contributed by atoms with Crippen LogP contribution in [0.15, 0.2) is 97.1 Å². The minimum Gasteiger partial charge on any atom is -0.385 e. The third-order valence-corrected chi connectivity index (χ3v) is 6.98. The van der Waals surface area contributed by atoms with E-state index in [0.29, 0.717) is 0 Å². The maximum absolute atomic E-state index is 11.6. The summed E-state index contributed by atoms with van der Waals surface area (Å²) in [5.74, 6) is 0. The second kappa shape index (κ2) is 9.38. The number of likely N-dealkylation sites (tertiary alicyclic amines) is 1. The van der Waals surface area contributed by atoms with Gasteiger partial charge in [0.2, 0.25) is 0 Å². The van der Waals surface area contributed by atoms with Gasteiger partial charge < -0.3 is 14.9 Å². The predicted molar refractivity (Wildman–Crippen MR) is 137 cm³/mol. The summed E-state index contributed by atoms with van der Waals surface area (Å²) in [6.07, 6.45) is 1.54. The molecule has 4 aromatic rings. The molecule has 0 aromatic heterocycles. The fourth-order valence-corrected chi connectivity index (χ4v) is 4.97. The Balaban J connectivity index is 1.55. The van der Waals surface area contributed by atoms with Crippen molar-refractivity contribution >= 4 is 16.5 Å². The number of rotatable bonds is 6. The first-order chi connectivity index (χ1) is 16.1. The van der Waals surface area contributed by atoms with Gasteiger partial charge in [0.25, 0.3) is 0 Å². The van der Waals surface area contributed by atoms with Crippen LogP contribution in [0.2, 0.25) is 0 Å². The Bertz CT molecular complexity index is 1160. The lowest BCUT2D eigenvalue weighted by atomic mass is 9.82. The minimum absolute atomic E-state index is 0.768. The summed E-state index contributed by atoms with van der Waals surface area (Å²) in [5.41, 5.74) is 4.05. The highest BCUT2D eigenvalue weighted by Crippen LogP contribution is 2.38. The first kappa shape index (κ1) is 21.7. The van der Waals surface area contributed by atoms with Crippen molar-refractivity contribution in [3.63, 3.8) is 0 Å². The molecule has 1 aliphatic rings. The highest BCUT2D eigenvalue weighted by atomic mass is 16.3. The zero-order chi connectivity index (χ0) is 22.7. The number of hydrogen-bond acceptors (Lipinski definition) is 3. The first-order valence-electron chi connectivity index (χ1n) is 11.9. The summed E-state index contributed by atoms with van der Waals surface area (Å²) in [6.45, 7) is 3.50. The largest absolute Gasteiger partial charge is 0.385 e. The Morgan fingerprint density at radius 3 is 1.97 bits per heavy atom. The van der Waals surface area contributed by atoms with Crippen LogP contribution in [0, 0.1) is 0 Å². The molecule has 3 heteroatoms. The maximum Gasteiger partial charge on any atom is 0.0926 e. The SMILES string of the molecule is CN1CCC(O)(c2cccc3ccc(N(Cc4ccccc4)Cc4ccccc4)cc23)CC1. The Morgan fingerprint density at radius 2 is 1.36 bits per heavy atom.